The van der Waals surface area contributed by atoms with E-state index in [-0.39, 0.29) is 17.3 Å². The number of ketones is 1. The lowest BCUT2D eigenvalue weighted by molar-refractivity contribution is 0.101. The Balaban J connectivity index is 1.65. The zero-order chi connectivity index (χ0) is 19.5. The van der Waals surface area contributed by atoms with Crippen molar-refractivity contribution in [3.8, 4) is 17.2 Å². The first kappa shape index (κ1) is 18.6. The second-order valence-corrected chi connectivity index (χ2v) is 7.19. The number of carbonyl (C=O) groups is 1. The molecule has 0 atom stereocenters. The van der Waals surface area contributed by atoms with Crippen molar-refractivity contribution in [2.24, 2.45) is 0 Å². The van der Waals surface area contributed by atoms with Crippen LogP contribution < -0.4 is 9.47 Å². The molecule has 0 spiro atoms. The van der Waals surface area contributed by atoms with Gasteiger partial charge in [-0.05, 0) is 57.1 Å². The average molecular weight is 379 g/mol. The van der Waals surface area contributed by atoms with Crippen molar-refractivity contribution in [3.05, 3.63) is 58.8 Å². The molecule has 0 radical (unpaired) electrons. The highest BCUT2D eigenvalue weighted by atomic mass is 16.5. The summed E-state index contributed by atoms with van der Waals surface area (Å²) in [4.78, 5) is 15.2. The Morgan fingerprint density at radius 3 is 2.71 bits per heavy atom. The second kappa shape index (κ2) is 8.07. The number of piperidine rings is 1. The Kier molecular flexibility index (Phi) is 5.35. The van der Waals surface area contributed by atoms with Crippen LogP contribution in [-0.2, 0) is 6.54 Å². The molecule has 2 aromatic carbocycles. The molecular formula is C23H25NO4. The second-order valence-electron chi connectivity index (χ2n) is 7.19. The van der Waals surface area contributed by atoms with Crippen molar-refractivity contribution in [3.63, 3.8) is 0 Å². The van der Waals surface area contributed by atoms with Crippen molar-refractivity contribution >= 4 is 11.9 Å². The van der Waals surface area contributed by atoms with E-state index in [1.165, 1.54) is 6.42 Å². The number of likely N-dealkylation sites (tertiary alicyclic amines) is 1. The minimum absolute atomic E-state index is 0.166. The number of fused-ring (bicyclic) bond motifs is 1. The highest BCUT2D eigenvalue weighted by Crippen LogP contribution is 2.40. The summed E-state index contributed by atoms with van der Waals surface area (Å²) in [5, 5.41) is 10.4. The summed E-state index contributed by atoms with van der Waals surface area (Å²) in [6.07, 6.45) is 5.29. The summed E-state index contributed by atoms with van der Waals surface area (Å²) in [6.45, 7) is 5.06. The molecule has 1 saturated heterocycles. The number of Topliss-reactive ketones (excluding diaryl/α,β-unsaturated/α-hetero) is 1. The normalized spacial score (nSPS) is 18.2. The quantitative estimate of drug-likeness (QED) is 0.781. The summed E-state index contributed by atoms with van der Waals surface area (Å²) in [6, 6.07) is 10.8. The number of ether oxygens (including phenoxy) is 2. The Morgan fingerprint density at radius 1 is 1.14 bits per heavy atom. The first-order valence-electron chi connectivity index (χ1n) is 9.90. The van der Waals surface area contributed by atoms with E-state index in [1.54, 1.807) is 18.2 Å². The number of rotatable bonds is 5. The van der Waals surface area contributed by atoms with Gasteiger partial charge in [0.2, 0.25) is 5.78 Å². The molecule has 2 heterocycles. The number of nitrogens with zero attached hydrogens (tertiary/aromatic N) is 1. The van der Waals surface area contributed by atoms with Gasteiger partial charge in [-0.3, -0.25) is 9.69 Å². The van der Waals surface area contributed by atoms with Gasteiger partial charge in [-0.25, -0.2) is 0 Å². The number of hydrogen-bond acceptors (Lipinski definition) is 5. The molecule has 0 amide bonds. The van der Waals surface area contributed by atoms with E-state index < -0.39 is 0 Å². The van der Waals surface area contributed by atoms with E-state index in [0.29, 0.717) is 35.8 Å². The number of hydrogen-bond donors (Lipinski definition) is 1. The van der Waals surface area contributed by atoms with Crippen molar-refractivity contribution in [2.75, 3.05) is 19.7 Å². The van der Waals surface area contributed by atoms with Gasteiger partial charge in [-0.1, -0.05) is 24.6 Å². The highest BCUT2D eigenvalue weighted by Gasteiger charge is 2.32. The van der Waals surface area contributed by atoms with Gasteiger partial charge in [-0.2, -0.15) is 0 Å². The van der Waals surface area contributed by atoms with Crippen LogP contribution in [0.2, 0.25) is 0 Å². The predicted molar refractivity (Wildman–Crippen MR) is 108 cm³/mol. The Labute approximate surface area is 165 Å². The molecule has 0 saturated carbocycles. The summed E-state index contributed by atoms with van der Waals surface area (Å²) in [7, 11) is 0. The molecule has 2 aliphatic heterocycles. The first-order valence-corrected chi connectivity index (χ1v) is 9.90. The van der Waals surface area contributed by atoms with Crippen molar-refractivity contribution in [1.82, 2.24) is 4.90 Å². The van der Waals surface area contributed by atoms with Gasteiger partial charge >= 0.3 is 0 Å². The smallest absolute Gasteiger partial charge is 0.231 e. The van der Waals surface area contributed by atoms with Crippen LogP contribution in [0, 0.1) is 0 Å². The van der Waals surface area contributed by atoms with Crippen LogP contribution in [0.3, 0.4) is 0 Å². The minimum Gasteiger partial charge on any atom is -0.507 e. The minimum atomic E-state index is -0.166. The van der Waals surface area contributed by atoms with Crippen LogP contribution in [0.15, 0.2) is 42.2 Å². The van der Waals surface area contributed by atoms with Crippen LogP contribution in [0.1, 0.15) is 47.7 Å². The number of aromatic hydroxyl groups is 1. The largest absolute Gasteiger partial charge is 0.507 e. The molecule has 1 fully saturated rings. The number of allylic oxidation sites excluding steroid dienone is 1. The summed E-state index contributed by atoms with van der Waals surface area (Å²) in [5.41, 5.74) is 1.99. The molecule has 2 aromatic rings. The number of benzene rings is 2. The first-order chi connectivity index (χ1) is 13.7. The molecule has 0 aliphatic carbocycles. The number of phenols is 1. The standard InChI is InChI=1S/C23H25NO4/c1-2-27-20-9-5-4-8-16(20)14-21-22(26)17-10-11-19(25)18(23(17)28-21)15-24-12-6-3-7-13-24/h4-5,8-11,14,25H,2-3,6-7,12-13,15H2,1H3. The molecule has 1 N–H and O–H groups in total. The summed E-state index contributed by atoms with van der Waals surface area (Å²) < 4.78 is 11.6. The topological polar surface area (TPSA) is 59.0 Å². The molecule has 4 rings (SSSR count). The molecule has 5 heteroatoms. The number of para-hydroxylation sites is 1. The van der Waals surface area contributed by atoms with Crippen LogP contribution in [0.4, 0.5) is 0 Å². The molecule has 0 unspecified atom stereocenters. The fourth-order valence-electron chi connectivity index (χ4n) is 3.82. The van der Waals surface area contributed by atoms with Gasteiger partial charge in [-0.15, -0.1) is 0 Å². The Morgan fingerprint density at radius 2 is 1.93 bits per heavy atom. The van der Waals surface area contributed by atoms with Gasteiger partial charge < -0.3 is 14.6 Å². The van der Waals surface area contributed by atoms with E-state index in [4.69, 9.17) is 9.47 Å². The molecule has 146 valence electrons. The summed E-state index contributed by atoms with van der Waals surface area (Å²) >= 11 is 0. The van der Waals surface area contributed by atoms with E-state index in [2.05, 4.69) is 4.90 Å². The third kappa shape index (κ3) is 3.62. The number of phenolic OH excluding ortho intramolecular Hbond substituents is 1. The fraction of sp³-hybridized carbons (Fsp3) is 0.348. The molecule has 0 bridgehead atoms. The zero-order valence-corrected chi connectivity index (χ0v) is 16.1. The van der Waals surface area contributed by atoms with Gasteiger partial charge in [0.15, 0.2) is 5.76 Å². The van der Waals surface area contributed by atoms with Crippen molar-refractivity contribution in [2.45, 2.75) is 32.7 Å². The van der Waals surface area contributed by atoms with Gasteiger partial charge in [0.05, 0.1) is 17.7 Å². The highest BCUT2D eigenvalue weighted by molar-refractivity contribution is 6.15. The molecule has 5 nitrogen and oxygen atoms in total. The Hall–Kier alpha value is -2.79. The van der Waals surface area contributed by atoms with Gasteiger partial charge in [0.25, 0.3) is 0 Å². The monoisotopic (exact) mass is 379 g/mol. The van der Waals surface area contributed by atoms with E-state index in [0.717, 1.165) is 31.5 Å². The molecular weight excluding hydrogens is 354 g/mol. The predicted octanol–water partition coefficient (Wildman–Crippen LogP) is 4.39. The maximum absolute atomic E-state index is 12.9. The third-order valence-corrected chi connectivity index (χ3v) is 5.25. The third-order valence-electron chi connectivity index (χ3n) is 5.25. The van der Waals surface area contributed by atoms with E-state index in [1.807, 2.05) is 31.2 Å². The number of carbonyl (C=O) groups excluding carboxylic acids is 1. The van der Waals surface area contributed by atoms with Crippen molar-refractivity contribution < 1.29 is 19.4 Å². The van der Waals surface area contributed by atoms with E-state index in [9.17, 15) is 9.90 Å². The van der Waals surface area contributed by atoms with Gasteiger partial charge in [0.1, 0.15) is 17.2 Å². The molecule has 28 heavy (non-hydrogen) atoms. The fourth-order valence-corrected chi connectivity index (χ4v) is 3.82. The van der Waals surface area contributed by atoms with Crippen LogP contribution >= 0.6 is 0 Å². The lowest BCUT2D eigenvalue weighted by Crippen LogP contribution is -2.29. The van der Waals surface area contributed by atoms with Crippen LogP contribution in [0.25, 0.3) is 6.08 Å². The SMILES string of the molecule is CCOc1ccccc1C=C1Oc2c(ccc(O)c2CN2CCCCC2)C1=O. The van der Waals surface area contributed by atoms with Crippen LogP contribution in [-0.4, -0.2) is 35.5 Å². The zero-order valence-electron chi connectivity index (χ0n) is 16.1. The molecule has 2 aliphatic rings. The van der Waals surface area contributed by atoms with E-state index >= 15 is 0 Å². The van der Waals surface area contributed by atoms with Gasteiger partial charge in [0, 0.05) is 12.1 Å². The summed E-state index contributed by atoms with van der Waals surface area (Å²) in [5.74, 6) is 1.46. The molecule has 0 aromatic heterocycles. The van der Waals surface area contributed by atoms with Crippen LogP contribution in [0.5, 0.6) is 17.2 Å². The van der Waals surface area contributed by atoms with Crippen molar-refractivity contribution in [1.29, 1.82) is 0 Å². The lowest BCUT2D eigenvalue weighted by Gasteiger charge is -2.27. The average Bonchev–Trinajstić information content (AvgIpc) is 3.02. The Bertz CT molecular complexity index is 913. The lowest BCUT2D eigenvalue weighted by atomic mass is 10.0. The maximum Gasteiger partial charge on any atom is 0.231 e. The maximum atomic E-state index is 12.9.